The third-order valence-corrected chi connectivity index (χ3v) is 5.55. The Kier molecular flexibility index (Phi) is 10.9. The van der Waals surface area contributed by atoms with E-state index in [1.165, 1.54) is 11.1 Å². The molecule has 2 aromatic carbocycles. The lowest BCUT2D eigenvalue weighted by Gasteiger charge is -2.21. The molecule has 1 aliphatic heterocycles. The number of rotatable bonds is 12. The van der Waals surface area contributed by atoms with E-state index in [-0.39, 0.29) is 0 Å². The summed E-state index contributed by atoms with van der Waals surface area (Å²) in [6, 6.07) is 18.5. The van der Waals surface area contributed by atoms with Gasteiger partial charge in [0, 0.05) is 46.6 Å². The van der Waals surface area contributed by atoms with Crippen molar-refractivity contribution in [2.24, 2.45) is 10.9 Å². The maximum atomic E-state index is 5.85. The highest BCUT2D eigenvalue weighted by molar-refractivity contribution is 5.79. The van der Waals surface area contributed by atoms with Crippen LogP contribution in [0, 0.1) is 5.92 Å². The SMILES string of the molecule is CN=C(NCCCOCC1CCOCC1)NCCc1ccc(OCc2ccccc2)cc1. The Bertz CT molecular complexity index is 775. The first-order valence-corrected chi connectivity index (χ1v) is 11.7. The summed E-state index contributed by atoms with van der Waals surface area (Å²) in [7, 11) is 1.80. The molecule has 1 aliphatic rings. The van der Waals surface area contributed by atoms with Gasteiger partial charge in [0.2, 0.25) is 0 Å². The Morgan fingerprint density at radius 1 is 0.969 bits per heavy atom. The quantitative estimate of drug-likeness (QED) is 0.299. The Morgan fingerprint density at radius 3 is 2.47 bits per heavy atom. The van der Waals surface area contributed by atoms with Gasteiger partial charge in [0.15, 0.2) is 5.96 Å². The van der Waals surface area contributed by atoms with Crippen LogP contribution in [0.5, 0.6) is 5.75 Å². The first kappa shape index (κ1) is 24.1. The van der Waals surface area contributed by atoms with Gasteiger partial charge in [-0.2, -0.15) is 0 Å². The third kappa shape index (κ3) is 9.28. The predicted molar refractivity (Wildman–Crippen MR) is 129 cm³/mol. The molecule has 0 aliphatic carbocycles. The van der Waals surface area contributed by atoms with E-state index in [4.69, 9.17) is 14.2 Å². The minimum atomic E-state index is 0.588. The van der Waals surface area contributed by atoms with Gasteiger partial charge in [-0.3, -0.25) is 4.99 Å². The van der Waals surface area contributed by atoms with Crippen LogP contribution in [-0.2, 0) is 22.5 Å². The predicted octanol–water partition coefficient (Wildman–Crippen LogP) is 3.81. The molecule has 0 unspecified atom stereocenters. The second-order valence-corrected chi connectivity index (χ2v) is 8.08. The van der Waals surface area contributed by atoms with Crippen LogP contribution in [0.25, 0.3) is 0 Å². The standard InChI is InChI=1S/C26H37N3O3/c1-27-26(28-15-5-17-31-20-24-13-18-30-19-14-24)29-16-12-22-8-10-25(11-9-22)32-21-23-6-3-2-4-7-23/h2-4,6-11,24H,5,12-21H2,1H3,(H2,27,28,29). The summed E-state index contributed by atoms with van der Waals surface area (Å²) >= 11 is 0. The molecule has 0 bridgehead atoms. The van der Waals surface area contributed by atoms with Gasteiger partial charge in [0.1, 0.15) is 12.4 Å². The Morgan fingerprint density at radius 2 is 1.72 bits per heavy atom. The van der Waals surface area contributed by atoms with Crippen molar-refractivity contribution in [2.75, 3.05) is 46.6 Å². The zero-order chi connectivity index (χ0) is 22.3. The number of guanidine groups is 1. The molecule has 32 heavy (non-hydrogen) atoms. The van der Waals surface area contributed by atoms with E-state index in [1.807, 2.05) is 30.3 Å². The lowest BCUT2D eigenvalue weighted by atomic mass is 10.0. The average Bonchev–Trinajstić information content (AvgIpc) is 2.85. The number of hydrogen-bond donors (Lipinski definition) is 2. The van der Waals surface area contributed by atoms with Gasteiger partial charge >= 0.3 is 0 Å². The van der Waals surface area contributed by atoms with Gasteiger partial charge in [0.05, 0.1) is 0 Å². The summed E-state index contributed by atoms with van der Waals surface area (Å²) < 4.78 is 17.0. The second-order valence-electron chi connectivity index (χ2n) is 8.08. The summed E-state index contributed by atoms with van der Waals surface area (Å²) in [5.74, 6) is 2.38. The molecule has 2 N–H and O–H groups in total. The van der Waals surface area contributed by atoms with Crippen LogP contribution in [0.1, 0.15) is 30.4 Å². The highest BCUT2D eigenvalue weighted by Gasteiger charge is 2.13. The highest BCUT2D eigenvalue weighted by atomic mass is 16.5. The van der Waals surface area contributed by atoms with Crippen molar-refractivity contribution in [3.63, 3.8) is 0 Å². The molecule has 0 atom stereocenters. The largest absolute Gasteiger partial charge is 0.489 e. The normalized spacial score (nSPS) is 14.8. The topological polar surface area (TPSA) is 64.1 Å². The summed E-state index contributed by atoms with van der Waals surface area (Å²) in [6.45, 7) is 5.65. The van der Waals surface area contributed by atoms with Crippen LogP contribution in [0.3, 0.4) is 0 Å². The van der Waals surface area contributed by atoms with Crippen molar-refractivity contribution in [1.82, 2.24) is 10.6 Å². The number of hydrogen-bond acceptors (Lipinski definition) is 4. The van der Waals surface area contributed by atoms with Crippen LogP contribution >= 0.6 is 0 Å². The molecule has 1 heterocycles. The molecule has 0 amide bonds. The van der Waals surface area contributed by atoms with Crippen molar-refractivity contribution in [3.05, 3.63) is 65.7 Å². The molecule has 6 nitrogen and oxygen atoms in total. The summed E-state index contributed by atoms with van der Waals surface area (Å²) in [5.41, 5.74) is 2.44. The summed E-state index contributed by atoms with van der Waals surface area (Å²) in [5, 5.41) is 6.73. The van der Waals surface area contributed by atoms with Gasteiger partial charge in [-0.15, -0.1) is 0 Å². The van der Waals surface area contributed by atoms with E-state index in [1.54, 1.807) is 7.05 Å². The minimum absolute atomic E-state index is 0.588. The van der Waals surface area contributed by atoms with E-state index in [0.29, 0.717) is 12.5 Å². The summed E-state index contributed by atoms with van der Waals surface area (Å²) in [6.07, 6.45) is 4.14. The van der Waals surface area contributed by atoms with Crippen molar-refractivity contribution in [3.8, 4) is 5.75 Å². The van der Waals surface area contributed by atoms with Crippen LogP contribution in [0.15, 0.2) is 59.6 Å². The molecule has 1 fully saturated rings. The number of aliphatic imine (C=N–C) groups is 1. The second kappa shape index (κ2) is 14.5. The molecular weight excluding hydrogens is 402 g/mol. The average molecular weight is 440 g/mol. The lowest BCUT2D eigenvalue weighted by Crippen LogP contribution is -2.39. The zero-order valence-corrected chi connectivity index (χ0v) is 19.2. The van der Waals surface area contributed by atoms with Crippen molar-refractivity contribution >= 4 is 5.96 Å². The van der Waals surface area contributed by atoms with Crippen molar-refractivity contribution in [2.45, 2.75) is 32.3 Å². The molecule has 0 spiro atoms. The molecule has 0 radical (unpaired) electrons. The van der Waals surface area contributed by atoms with Crippen molar-refractivity contribution in [1.29, 1.82) is 0 Å². The van der Waals surface area contributed by atoms with E-state index in [0.717, 1.165) is 76.9 Å². The summed E-state index contributed by atoms with van der Waals surface area (Å²) in [4.78, 5) is 4.30. The molecule has 3 rings (SSSR count). The van der Waals surface area contributed by atoms with Gasteiger partial charge in [-0.05, 0) is 54.9 Å². The smallest absolute Gasteiger partial charge is 0.190 e. The molecule has 0 saturated carbocycles. The fraction of sp³-hybridized carbons (Fsp3) is 0.500. The Hall–Kier alpha value is -2.57. The fourth-order valence-electron chi connectivity index (χ4n) is 3.58. The van der Waals surface area contributed by atoms with Crippen molar-refractivity contribution < 1.29 is 14.2 Å². The Balaban J connectivity index is 1.24. The molecule has 6 heteroatoms. The van der Waals surface area contributed by atoms with Crippen LogP contribution in [0.2, 0.25) is 0 Å². The monoisotopic (exact) mass is 439 g/mol. The van der Waals surface area contributed by atoms with E-state index in [2.05, 4.69) is 39.9 Å². The minimum Gasteiger partial charge on any atom is -0.489 e. The van der Waals surface area contributed by atoms with Crippen LogP contribution in [-0.4, -0.2) is 52.5 Å². The maximum absolute atomic E-state index is 5.85. The first-order chi connectivity index (χ1) is 15.8. The van der Waals surface area contributed by atoms with Crippen LogP contribution in [0.4, 0.5) is 0 Å². The maximum Gasteiger partial charge on any atom is 0.190 e. The molecular formula is C26H37N3O3. The van der Waals surface area contributed by atoms with Crippen LogP contribution < -0.4 is 15.4 Å². The number of ether oxygens (including phenoxy) is 3. The number of benzene rings is 2. The highest BCUT2D eigenvalue weighted by Crippen LogP contribution is 2.15. The van der Waals surface area contributed by atoms with Gasteiger partial charge in [-0.25, -0.2) is 0 Å². The number of nitrogens with one attached hydrogen (secondary N) is 2. The molecule has 1 saturated heterocycles. The van der Waals surface area contributed by atoms with Gasteiger partial charge in [-0.1, -0.05) is 42.5 Å². The fourth-order valence-corrected chi connectivity index (χ4v) is 3.58. The zero-order valence-electron chi connectivity index (χ0n) is 19.2. The number of nitrogens with zero attached hydrogens (tertiary/aromatic N) is 1. The van der Waals surface area contributed by atoms with Gasteiger partial charge < -0.3 is 24.8 Å². The first-order valence-electron chi connectivity index (χ1n) is 11.7. The van der Waals surface area contributed by atoms with E-state index in [9.17, 15) is 0 Å². The lowest BCUT2D eigenvalue weighted by molar-refractivity contribution is 0.0203. The third-order valence-electron chi connectivity index (χ3n) is 5.55. The molecule has 2 aromatic rings. The van der Waals surface area contributed by atoms with E-state index < -0.39 is 0 Å². The molecule has 0 aromatic heterocycles. The molecule has 174 valence electrons. The van der Waals surface area contributed by atoms with Gasteiger partial charge in [0.25, 0.3) is 0 Å². The van der Waals surface area contributed by atoms with E-state index >= 15 is 0 Å². The Labute approximate surface area is 192 Å².